The average molecular weight is 273 g/mol. The van der Waals surface area contributed by atoms with E-state index in [1.807, 2.05) is 0 Å². The van der Waals surface area contributed by atoms with E-state index in [1.165, 1.54) is 30.5 Å². The number of halogens is 1. The van der Waals surface area contributed by atoms with Crippen LogP contribution in [0.15, 0.2) is 47.6 Å². The van der Waals surface area contributed by atoms with E-state index in [-0.39, 0.29) is 11.4 Å². The number of carbonyl (C=O) groups is 1. The Morgan fingerprint density at radius 2 is 2.10 bits per heavy atom. The van der Waals surface area contributed by atoms with Crippen molar-refractivity contribution in [1.82, 2.24) is 0 Å². The van der Waals surface area contributed by atoms with Crippen LogP contribution in [0.1, 0.15) is 21.5 Å². The maximum absolute atomic E-state index is 13.2. The molecule has 4 nitrogen and oxygen atoms in total. The number of carboxylic acid groups (broad SMARTS) is 1. The van der Waals surface area contributed by atoms with Gasteiger partial charge in [-0.25, -0.2) is 9.18 Å². The van der Waals surface area contributed by atoms with Crippen LogP contribution in [0, 0.1) is 12.7 Å². The molecule has 0 radical (unpaired) electrons. The number of benzene rings is 2. The molecule has 0 unspecified atom stereocenters. The Hall–Kier alpha value is -2.69. The molecule has 0 aliphatic heterocycles. The van der Waals surface area contributed by atoms with Crippen LogP contribution in [-0.4, -0.2) is 17.3 Å². The molecule has 2 aromatic rings. The van der Waals surface area contributed by atoms with Crippen LogP contribution in [-0.2, 0) is 0 Å². The van der Waals surface area contributed by atoms with E-state index in [1.54, 1.807) is 25.1 Å². The minimum Gasteiger partial charge on any atom is -0.478 e. The predicted octanol–water partition coefficient (Wildman–Crippen LogP) is 3.25. The number of aryl methyl sites for hydroxylation is 1. The lowest BCUT2D eigenvalue weighted by molar-refractivity contribution is 0.0696. The molecule has 0 aliphatic rings. The molecule has 2 aromatic carbocycles. The third-order valence-electron chi connectivity index (χ3n) is 2.51. The zero-order chi connectivity index (χ0) is 14.5. The monoisotopic (exact) mass is 273 g/mol. The standard InChI is InChI=1S/C15H12FNO3/c1-10-5-11(7-13(16)6-10)9-17-20-14-4-2-3-12(8-14)15(18)19/h2-9H,1H3,(H,18,19)/b17-9+. The molecule has 102 valence electrons. The summed E-state index contributed by atoms with van der Waals surface area (Å²) in [4.78, 5) is 15.9. The molecule has 0 fully saturated rings. The first kappa shape index (κ1) is 13.7. The summed E-state index contributed by atoms with van der Waals surface area (Å²) in [6.45, 7) is 1.78. The minimum atomic E-state index is -1.04. The first-order valence-electron chi connectivity index (χ1n) is 5.85. The van der Waals surface area contributed by atoms with Gasteiger partial charge in [0.15, 0.2) is 5.75 Å². The second-order valence-corrected chi connectivity index (χ2v) is 4.22. The smallest absolute Gasteiger partial charge is 0.335 e. The highest BCUT2D eigenvalue weighted by Gasteiger charge is 2.03. The van der Waals surface area contributed by atoms with Crippen LogP contribution in [0.2, 0.25) is 0 Å². The zero-order valence-electron chi connectivity index (χ0n) is 10.7. The summed E-state index contributed by atoms with van der Waals surface area (Å²) in [7, 11) is 0. The third-order valence-corrected chi connectivity index (χ3v) is 2.51. The predicted molar refractivity (Wildman–Crippen MR) is 72.8 cm³/mol. The summed E-state index contributed by atoms with van der Waals surface area (Å²) in [6.07, 6.45) is 1.36. The number of oxime groups is 1. The van der Waals surface area contributed by atoms with Crippen molar-refractivity contribution < 1.29 is 19.1 Å². The Bertz CT molecular complexity index is 648. The van der Waals surface area contributed by atoms with Gasteiger partial charge in [0.05, 0.1) is 11.8 Å². The van der Waals surface area contributed by atoms with Crippen molar-refractivity contribution in [2.75, 3.05) is 0 Å². The molecule has 0 atom stereocenters. The van der Waals surface area contributed by atoms with Crippen molar-refractivity contribution in [1.29, 1.82) is 0 Å². The van der Waals surface area contributed by atoms with E-state index in [2.05, 4.69) is 5.16 Å². The molecule has 20 heavy (non-hydrogen) atoms. The fraction of sp³-hybridized carbons (Fsp3) is 0.0667. The lowest BCUT2D eigenvalue weighted by Gasteiger charge is -2.00. The molecule has 0 aromatic heterocycles. The molecule has 0 heterocycles. The van der Waals surface area contributed by atoms with Gasteiger partial charge in [0.1, 0.15) is 5.82 Å². The molecule has 0 amide bonds. The van der Waals surface area contributed by atoms with Crippen LogP contribution in [0.3, 0.4) is 0 Å². The maximum atomic E-state index is 13.2. The lowest BCUT2D eigenvalue weighted by atomic mass is 10.1. The summed E-state index contributed by atoms with van der Waals surface area (Å²) in [5.41, 5.74) is 1.45. The number of hydrogen-bond acceptors (Lipinski definition) is 3. The van der Waals surface area contributed by atoms with Gasteiger partial charge in [-0.2, -0.15) is 0 Å². The van der Waals surface area contributed by atoms with E-state index < -0.39 is 5.97 Å². The fourth-order valence-electron chi connectivity index (χ4n) is 1.67. The molecule has 0 spiro atoms. The van der Waals surface area contributed by atoms with E-state index in [4.69, 9.17) is 9.94 Å². The fourth-order valence-corrected chi connectivity index (χ4v) is 1.67. The summed E-state index contributed by atoms with van der Waals surface area (Å²) in [5, 5.41) is 12.5. The van der Waals surface area contributed by atoms with Gasteiger partial charge in [0.25, 0.3) is 0 Å². The molecular formula is C15H12FNO3. The van der Waals surface area contributed by atoms with Gasteiger partial charge >= 0.3 is 5.97 Å². The summed E-state index contributed by atoms with van der Waals surface area (Å²) in [6, 6.07) is 10.4. The molecule has 2 rings (SSSR count). The van der Waals surface area contributed by atoms with E-state index in [0.29, 0.717) is 11.3 Å². The lowest BCUT2D eigenvalue weighted by Crippen LogP contribution is -1.96. The van der Waals surface area contributed by atoms with Gasteiger partial charge < -0.3 is 9.94 Å². The van der Waals surface area contributed by atoms with Crippen LogP contribution in [0.25, 0.3) is 0 Å². The SMILES string of the molecule is Cc1cc(F)cc(/C=N/Oc2cccc(C(=O)O)c2)c1. The second kappa shape index (κ2) is 5.97. The second-order valence-electron chi connectivity index (χ2n) is 4.22. The van der Waals surface area contributed by atoms with E-state index in [9.17, 15) is 9.18 Å². The normalized spacial score (nSPS) is 10.7. The van der Waals surface area contributed by atoms with Crippen LogP contribution < -0.4 is 4.84 Å². The largest absolute Gasteiger partial charge is 0.478 e. The Morgan fingerprint density at radius 1 is 1.30 bits per heavy atom. The molecule has 0 bridgehead atoms. The van der Waals surface area contributed by atoms with Crippen LogP contribution in [0.5, 0.6) is 5.75 Å². The topological polar surface area (TPSA) is 58.9 Å². The van der Waals surface area contributed by atoms with Crippen molar-refractivity contribution in [3.05, 3.63) is 65.0 Å². The molecular weight excluding hydrogens is 261 g/mol. The van der Waals surface area contributed by atoms with Gasteiger partial charge in [-0.05, 0) is 48.4 Å². The number of aromatic carboxylic acids is 1. The Kier molecular flexibility index (Phi) is 4.10. The van der Waals surface area contributed by atoms with Crippen LogP contribution in [0.4, 0.5) is 4.39 Å². The average Bonchev–Trinajstić information content (AvgIpc) is 2.38. The molecule has 5 heteroatoms. The first-order valence-corrected chi connectivity index (χ1v) is 5.85. The van der Waals surface area contributed by atoms with Gasteiger partial charge in [-0.15, -0.1) is 0 Å². The third kappa shape index (κ3) is 3.65. The Balaban J connectivity index is 2.09. The van der Waals surface area contributed by atoms with Gasteiger partial charge in [0, 0.05) is 0 Å². The number of carboxylic acids is 1. The molecule has 0 aliphatic carbocycles. The van der Waals surface area contributed by atoms with Crippen molar-refractivity contribution in [2.45, 2.75) is 6.92 Å². The summed E-state index contributed by atoms with van der Waals surface area (Å²) >= 11 is 0. The number of nitrogens with zero attached hydrogens (tertiary/aromatic N) is 1. The highest BCUT2D eigenvalue weighted by molar-refractivity contribution is 5.88. The Labute approximate surface area is 115 Å². The Morgan fingerprint density at radius 3 is 2.80 bits per heavy atom. The summed E-state index contributed by atoms with van der Waals surface area (Å²) < 4.78 is 13.2. The number of rotatable bonds is 4. The van der Waals surface area contributed by atoms with Crippen molar-refractivity contribution in [3.63, 3.8) is 0 Å². The maximum Gasteiger partial charge on any atom is 0.335 e. The van der Waals surface area contributed by atoms with Crippen molar-refractivity contribution >= 4 is 12.2 Å². The van der Waals surface area contributed by atoms with E-state index >= 15 is 0 Å². The quantitative estimate of drug-likeness (QED) is 0.687. The molecule has 0 saturated heterocycles. The molecule has 1 N–H and O–H groups in total. The molecule has 0 saturated carbocycles. The van der Waals surface area contributed by atoms with Gasteiger partial charge in [-0.3, -0.25) is 0 Å². The van der Waals surface area contributed by atoms with E-state index in [0.717, 1.165) is 5.56 Å². The first-order chi connectivity index (χ1) is 9.54. The van der Waals surface area contributed by atoms with Crippen molar-refractivity contribution in [3.8, 4) is 5.75 Å². The zero-order valence-corrected chi connectivity index (χ0v) is 10.7. The highest BCUT2D eigenvalue weighted by atomic mass is 19.1. The van der Waals surface area contributed by atoms with Crippen LogP contribution >= 0.6 is 0 Å². The summed E-state index contributed by atoms with van der Waals surface area (Å²) in [5.74, 6) is -1.09. The van der Waals surface area contributed by atoms with Crippen molar-refractivity contribution in [2.24, 2.45) is 5.16 Å². The number of hydrogen-bond donors (Lipinski definition) is 1. The highest BCUT2D eigenvalue weighted by Crippen LogP contribution is 2.13. The minimum absolute atomic E-state index is 0.110. The van der Waals surface area contributed by atoms with Gasteiger partial charge in [-0.1, -0.05) is 17.3 Å². The van der Waals surface area contributed by atoms with Gasteiger partial charge in [0.2, 0.25) is 0 Å².